The maximum Gasteiger partial charge on any atom is 0.335 e. The van der Waals surface area contributed by atoms with Crippen molar-refractivity contribution in [3.8, 4) is 0 Å². The molecule has 3 nitrogen and oxygen atoms in total. The van der Waals surface area contributed by atoms with Crippen LogP contribution in [0, 0.1) is 0 Å². The van der Waals surface area contributed by atoms with E-state index < -0.39 is 0 Å². The van der Waals surface area contributed by atoms with Crippen molar-refractivity contribution in [1.29, 1.82) is 0 Å². The highest BCUT2D eigenvalue weighted by molar-refractivity contribution is 5.86. The predicted molar refractivity (Wildman–Crippen MR) is 53.7 cm³/mol. The molecule has 1 saturated carbocycles. The van der Waals surface area contributed by atoms with Gasteiger partial charge in [-0.05, 0) is 19.8 Å². The Morgan fingerprint density at radius 1 is 1.36 bits per heavy atom. The minimum Gasteiger partial charge on any atom is -0.435 e. The monoisotopic (exact) mass is 198 g/mol. The highest BCUT2D eigenvalue weighted by Gasteiger charge is 2.14. The van der Waals surface area contributed by atoms with E-state index in [1.807, 2.05) is 0 Å². The molecule has 14 heavy (non-hydrogen) atoms. The maximum absolute atomic E-state index is 11.0. The first-order chi connectivity index (χ1) is 6.70. The van der Waals surface area contributed by atoms with Crippen LogP contribution in [0.25, 0.3) is 0 Å². The summed E-state index contributed by atoms with van der Waals surface area (Å²) in [6.07, 6.45) is 6.19. The van der Waals surface area contributed by atoms with E-state index in [2.05, 4.69) is 6.58 Å². The largest absolute Gasteiger partial charge is 0.435 e. The summed E-state index contributed by atoms with van der Waals surface area (Å²) in [5.74, 6) is -0.374. The average molecular weight is 198 g/mol. The molecule has 0 saturated heterocycles. The van der Waals surface area contributed by atoms with Gasteiger partial charge in [-0.25, -0.2) is 4.79 Å². The smallest absolute Gasteiger partial charge is 0.335 e. The van der Waals surface area contributed by atoms with Gasteiger partial charge in [0.15, 0.2) is 6.79 Å². The highest BCUT2D eigenvalue weighted by Crippen LogP contribution is 2.20. The molecule has 1 aliphatic rings. The molecule has 3 heteroatoms. The Morgan fingerprint density at radius 3 is 2.57 bits per heavy atom. The fourth-order valence-corrected chi connectivity index (χ4v) is 1.54. The van der Waals surface area contributed by atoms with Gasteiger partial charge in [0.1, 0.15) is 0 Å². The first-order valence-corrected chi connectivity index (χ1v) is 5.14. The Morgan fingerprint density at radius 2 is 2.00 bits per heavy atom. The number of rotatable bonds is 4. The van der Waals surface area contributed by atoms with E-state index in [-0.39, 0.29) is 18.9 Å². The van der Waals surface area contributed by atoms with Crippen molar-refractivity contribution in [3.63, 3.8) is 0 Å². The van der Waals surface area contributed by atoms with Gasteiger partial charge < -0.3 is 9.47 Å². The lowest BCUT2D eigenvalue weighted by Gasteiger charge is -2.21. The maximum atomic E-state index is 11.0. The molecule has 1 aliphatic carbocycles. The van der Waals surface area contributed by atoms with E-state index in [0.717, 1.165) is 12.8 Å². The molecule has 0 radical (unpaired) electrons. The molecular formula is C11H18O3. The van der Waals surface area contributed by atoms with Crippen LogP contribution in [0.3, 0.4) is 0 Å². The Balaban J connectivity index is 2.08. The SMILES string of the molecule is C=C(C)C(=O)OCOC1CCCCC1. The minimum absolute atomic E-state index is 0.0658. The fraction of sp³-hybridized carbons (Fsp3) is 0.727. The van der Waals surface area contributed by atoms with Crippen molar-refractivity contribution >= 4 is 5.97 Å². The van der Waals surface area contributed by atoms with Crippen molar-refractivity contribution < 1.29 is 14.3 Å². The lowest BCUT2D eigenvalue weighted by Crippen LogP contribution is -2.19. The molecular weight excluding hydrogens is 180 g/mol. The summed E-state index contributed by atoms with van der Waals surface area (Å²) in [5, 5.41) is 0. The zero-order chi connectivity index (χ0) is 10.4. The van der Waals surface area contributed by atoms with Crippen molar-refractivity contribution in [2.75, 3.05) is 6.79 Å². The van der Waals surface area contributed by atoms with Gasteiger partial charge in [-0.15, -0.1) is 0 Å². The zero-order valence-electron chi connectivity index (χ0n) is 8.75. The lowest BCUT2D eigenvalue weighted by molar-refractivity contribution is -0.157. The van der Waals surface area contributed by atoms with Crippen LogP contribution in [0.1, 0.15) is 39.0 Å². The number of carbonyl (C=O) groups excluding carboxylic acids is 1. The quantitative estimate of drug-likeness (QED) is 0.395. The summed E-state index contributed by atoms with van der Waals surface area (Å²) in [5.41, 5.74) is 0.414. The summed E-state index contributed by atoms with van der Waals surface area (Å²) in [6, 6.07) is 0. The van der Waals surface area contributed by atoms with E-state index in [1.54, 1.807) is 6.92 Å². The van der Waals surface area contributed by atoms with Gasteiger partial charge >= 0.3 is 5.97 Å². The van der Waals surface area contributed by atoms with Gasteiger partial charge in [0.2, 0.25) is 0 Å². The van der Waals surface area contributed by atoms with Gasteiger partial charge in [-0.1, -0.05) is 25.8 Å². The van der Waals surface area contributed by atoms with Gasteiger partial charge in [0.25, 0.3) is 0 Å². The Kier molecular flexibility index (Phi) is 4.66. The zero-order valence-corrected chi connectivity index (χ0v) is 8.75. The Hall–Kier alpha value is -0.830. The molecule has 0 aliphatic heterocycles. The van der Waals surface area contributed by atoms with Gasteiger partial charge in [0.05, 0.1) is 6.10 Å². The normalized spacial score (nSPS) is 17.8. The molecule has 80 valence electrons. The minimum atomic E-state index is -0.374. The van der Waals surface area contributed by atoms with E-state index in [9.17, 15) is 4.79 Å². The number of esters is 1. The average Bonchev–Trinajstić information content (AvgIpc) is 2.19. The molecule has 0 unspecified atom stereocenters. The Bertz CT molecular complexity index is 205. The molecule has 0 aromatic heterocycles. The third-order valence-electron chi connectivity index (χ3n) is 2.39. The fourth-order valence-electron chi connectivity index (χ4n) is 1.54. The molecule has 0 N–H and O–H groups in total. The third-order valence-corrected chi connectivity index (χ3v) is 2.39. The number of hydrogen-bond acceptors (Lipinski definition) is 3. The van der Waals surface area contributed by atoms with E-state index in [4.69, 9.17) is 9.47 Å². The molecule has 1 fully saturated rings. The van der Waals surface area contributed by atoms with E-state index in [0.29, 0.717) is 5.57 Å². The van der Waals surface area contributed by atoms with Crippen LogP contribution >= 0.6 is 0 Å². The molecule has 0 atom stereocenters. The summed E-state index contributed by atoms with van der Waals surface area (Å²) >= 11 is 0. The summed E-state index contributed by atoms with van der Waals surface area (Å²) < 4.78 is 10.3. The van der Waals surface area contributed by atoms with Crippen LogP contribution in [-0.4, -0.2) is 18.9 Å². The van der Waals surface area contributed by atoms with Crippen LogP contribution in [-0.2, 0) is 14.3 Å². The van der Waals surface area contributed by atoms with Gasteiger partial charge in [-0.2, -0.15) is 0 Å². The molecule has 0 bridgehead atoms. The van der Waals surface area contributed by atoms with Gasteiger partial charge in [-0.3, -0.25) is 0 Å². The second kappa shape index (κ2) is 5.81. The van der Waals surface area contributed by atoms with Crippen LogP contribution in [0.4, 0.5) is 0 Å². The molecule has 0 spiro atoms. The van der Waals surface area contributed by atoms with E-state index >= 15 is 0 Å². The van der Waals surface area contributed by atoms with Crippen molar-refractivity contribution in [1.82, 2.24) is 0 Å². The Labute approximate surface area is 85.1 Å². The highest BCUT2D eigenvalue weighted by atomic mass is 16.7. The topological polar surface area (TPSA) is 35.5 Å². The van der Waals surface area contributed by atoms with E-state index in [1.165, 1.54) is 19.3 Å². The number of hydrogen-bond donors (Lipinski definition) is 0. The molecule has 0 aromatic carbocycles. The molecule has 0 heterocycles. The van der Waals surface area contributed by atoms with Crippen LogP contribution < -0.4 is 0 Å². The first-order valence-electron chi connectivity index (χ1n) is 5.14. The molecule has 0 aromatic rings. The van der Waals surface area contributed by atoms with Crippen molar-refractivity contribution in [3.05, 3.63) is 12.2 Å². The van der Waals surface area contributed by atoms with Gasteiger partial charge in [0, 0.05) is 5.57 Å². The van der Waals surface area contributed by atoms with Crippen molar-refractivity contribution in [2.24, 2.45) is 0 Å². The summed E-state index contributed by atoms with van der Waals surface area (Å²) in [4.78, 5) is 11.0. The van der Waals surface area contributed by atoms with Crippen molar-refractivity contribution in [2.45, 2.75) is 45.1 Å². The molecule has 0 amide bonds. The van der Waals surface area contributed by atoms with Crippen LogP contribution in [0.15, 0.2) is 12.2 Å². The van der Waals surface area contributed by atoms with Crippen LogP contribution in [0.5, 0.6) is 0 Å². The first kappa shape index (κ1) is 11.2. The summed E-state index contributed by atoms with van der Waals surface area (Å²) in [7, 11) is 0. The molecule has 1 rings (SSSR count). The predicted octanol–water partition coefficient (Wildman–Crippen LogP) is 2.41. The third kappa shape index (κ3) is 3.92. The number of carbonyl (C=O) groups is 1. The second-order valence-electron chi connectivity index (χ2n) is 3.76. The van der Waals surface area contributed by atoms with Crippen LogP contribution in [0.2, 0.25) is 0 Å². The standard InChI is InChI=1S/C11H18O3/c1-9(2)11(12)14-8-13-10-6-4-3-5-7-10/h10H,1,3-8H2,2H3. The summed E-state index contributed by atoms with van der Waals surface area (Å²) in [6.45, 7) is 5.18. The second-order valence-corrected chi connectivity index (χ2v) is 3.76. The lowest BCUT2D eigenvalue weighted by atomic mass is 9.98. The number of ether oxygens (including phenoxy) is 2.